The number of rotatable bonds is 6. The Morgan fingerprint density at radius 1 is 1.03 bits per heavy atom. The molecule has 3 aliphatic rings. The van der Waals surface area contributed by atoms with Gasteiger partial charge in [-0.3, -0.25) is 9.59 Å². The zero-order chi connectivity index (χ0) is 23.1. The second-order valence-electron chi connectivity index (χ2n) is 9.47. The second-order valence-corrected chi connectivity index (χ2v) is 9.47. The van der Waals surface area contributed by atoms with Crippen LogP contribution in [0.15, 0.2) is 48.5 Å². The summed E-state index contributed by atoms with van der Waals surface area (Å²) in [5.41, 5.74) is 4.72. The fourth-order valence-electron chi connectivity index (χ4n) is 5.21. The number of carbonyl (C=O) groups is 3. The monoisotopic (exact) mass is 448 g/mol. The predicted octanol–water partition coefficient (Wildman–Crippen LogP) is 3.48. The van der Waals surface area contributed by atoms with Crippen molar-refractivity contribution in [3.8, 4) is 11.1 Å². The van der Waals surface area contributed by atoms with E-state index in [4.69, 9.17) is 9.84 Å². The summed E-state index contributed by atoms with van der Waals surface area (Å²) in [4.78, 5) is 37.7. The average Bonchev–Trinajstić information content (AvgIpc) is 3.07. The van der Waals surface area contributed by atoms with Crippen molar-refractivity contribution in [2.24, 2.45) is 17.8 Å². The molecule has 7 nitrogen and oxygen atoms in total. The summed E-state index contributed by atoms with van der Waals surface area (Å²) >= 11 is 0. The molecule has 172 valence electrons. The SMILES string of the molecule is CC(C(=O)O)C1CN(C(=O)C2CC(NC(=O)OCC3c4ccccc4-c4ccccc43)C2)C1. The van der Waals surface area contributed by atoms with E-state index in [0.717, 1.165) is 0 Å². The Bertz CT molecular complexity index is 1040. The molecule has 2 aliphatic carbocycles. The first-order chi connectivity index (χ1) is 15.9. The fraction of sp³-hybridized carbons (Fsp3) is 0.423. The number of benzene rings is 2. The minimum Gasteiger partial charge on any atom is -0.481 e. The lowest BCUT2D eigenvalue weighted by molar-refractivity contribution is -0.154. The van der Waals surface area contributed by atoms with Gasteiger partial charge in [-0.15, -0.1) is 0 Å². The third-order valence-corrected chi connectivity index (χ3v) is 7.47. The summed E-state index contributed by atoms with van der Waals surface area (Å²) < 4.78 is 5.58. The van der Waals surface area contributed by atoms with Gasteiger partial charge in [-0.05, 0) is 35.1 Å². The summed E-state index contributed by atoms with van der Waals surface area (Å²) in [6.45, 7) is 2.97. The van der Waals surface area contributed by atoms with Gasteiger partial charge in [0.25, 0.3) is 0 Å². The van der Waals surface area contributed by atoms with Crippen molar-refractivity contribution in [3.05, 3.63) is 59.7 Å². The van der Waals surface area contributed by atoms with Gasteiger partial charge in [-0.25, -0.2) is 4.79 Å². The third kappa shape index (κ3) is 3.96. The van der Waals surface area contributed by atoms with Crippen molar-refractivity contribution in [1.29, 1.82) is 0 Å². The smallest absolute Gasteiger partial charge is 0.407 e. The van der Waals surface area contributed by atoms with Crippen LogP contribution in [0.25, 0.3) is 11.1 Å². The number of hydrogen-bond donors (Lipinski definition) is 2. The highest BCUT2D eigenvalue weighted by Gasteiger charge is 2.43. The van der Waals surface area contributed by atoms with Gasteiger partial charge in [0.1, 0.15) is 6.61 Å². The molecule has 2 amide bonds. The maximum absolute atomic E-state index is 12.5. The van der Waals surface area contributed by atoms with Gasteiger partial charge in [0, 0.05) is 36.9 Å². The number of aliphatic carboxylic acids is 1. The van der Waals surface area contributed by atoms with E-state index >= 15 is 0 Å². The quantitative estimate of drug-likeness (QED) is 0.705. The molecular weight excluding hydrogens is 420 g/mol. The van der Waals surface area contributed by atoms with Crippen LogP contribution < -0.4 is 5.32 Å². The van der Waals surface area contributed by atoms with Crippen LogP contribution in [0, 0.1) is 17.8 Å². The van der Waals surface area contributed by atoms with Crippen molar-refractivity contribution in [2.75, 3.05) is 19.7 Å². The van der Waals surface area contributed by atoms with Crippen LogP contribution in [0.5, 0.6) is 0 Å². The number of carboxylic acids is 1. The number of alkyl carbamates (subject to hydrolysis) is 1. The Balaban J connectivity index is 1.08. The van der Waals surface area contributed by atoms with E-state index in [-0.39, 0.29) is 36.3 Å². The van der Waals surface area contributed by atoms with E-state index in [2.05, 4.69) is 29.6 Å². The average molecular weight is 449 g/mol. The topological polar surface area (TPSA) is 95.9 Å². The lowest BCUT2D eigenvalue weighted by Gasteiger charge is -2.45. The largest absolute Gasteiger partial charge is 0.481 e. The highest BCUT2D eigenvalue weighted by Crippen LogP contribution is 2.44. The molecule has 1 heterocycles. The van der Waals surface area contributed by atoms with E-state index in [1.165, 1.54) is 22.3 Å². The normalized spacial score (nSPS) is 22.4. The number of fused-ring (bicyclic) bond motifs is 3. The number of likely N-dealkylation sites (tertiary alicyclic amines) is 1. The minimum atomic E-state index is -0.817. The van der Waals surface area contributed by atoms with Gasteiger partial charge >= 0.3 is 12.1 Å². The molecular formula is C26H28N2O5. The maximum atomic E-state index is 12.5. The van der Waals surface area contributed by atoms with Gasteiger partial charge < -0.3 is 20.1 Å². The number of hydrogen-bond acceptors (Lipinski definition) is 4. The fourth-order valence-corrected chi connectivity index (χ4v) is 5.21. The molecule has 1 saturated carbocycles. The zero-order valence-electron chi connectivity index (χ0n) is 18.6. The molecule has 0 aromatic heterocycles. The molecule has 0 radical (unpaired) electrons. The molecule has 2 N–H and O–H groups in total. The molecule has 5 rings (SSSR count). The van der Waals surface area contributed by atoms with E-state index in [9.17, 15) is 14.4 Å². The highest BCUT2D eigenvalue weighted by atomic mass is 16.5. The number of nitrogens with one attached hydrogen (secondary N) is 1. The summed E-state index contributed by atoms with van der Waals surface area (Å²) in [6, 6.07) is 16.4. The first kappa shape index (κ1) is 21.5. The molecule has 0 bridgehead atoms. The summed E-state index contributed by atoms with van der Waals surface area (Å²) in [5.74, 6) is -1.24. The van der Waals surface area contributed by atoms with Gasteiger partial charge in [0.15, 0.2) is 0 Å². The minimum absolute atomic E-state index is 0.0198. The van der Waals surface area contributed by atoms with Crippen LogP contribution in [-0.4, -0.2) is 53.7 Å². The van der Waals surface area contributed by atoms with Crippen LogP contribution in [0.1, 0.15) is 36.8 Å². The summed E-state index contributed by atoms with van der Waals surface area (Å²) in [5, 5.41) is 12.0. The van der Waals surface area contributed by atoms with E-state index in [1.54, 1.807) is 11.8 Å². The number of amides is 2. The maximum Gasteiger partial charge on any atom is 0.407 e. The van der Waals surface area contributed by atoms with Crippen molar-refractivity contribution in [1.82, 2.24) is 10.2 Å². The predicted molar refractivity (Wildman–Crippen MR) is 122 cm³/mol. The van der Waals surface area contributed by atoms with Crippen LogP contribution in [0.2, 0.25) is 0 Å². The molecule has 2 fully saturated rings. The first-order valence-corrected chi connectivity index (χ1v) is 11.6. The highest BCUT2D eigenvalue weighted by molar-refractivity contribution is 5.82. The van der Waals surface area contributed by atoms with Gasteiger partial charge in [0.2, 0.25) is 5.91 Å². The number of nitrogens with zero attached hydrogens (tertiary/aromatic N) is 1. The standard InChI is InChI=1S/C26H28N2O5/c1-15(25(30)31)17-12-28(13-17)24(29)16-10-18(11-16)27-26(32)33-14-23-21-8-4-2-6-19(21)20-7-3-5-9-22(20)23/h2-9,15-18,23H,10-14H2,1H3,(H,27,32)(H,30,31). The van der Waals surface area contributed by atoms with Crippen LogP contribution in [0.4, 0.5) is 4.79 Å². The van der Waals surface area contributed by atoms with Crippen LogP contribution in [0.3, 0.4) is 0 Å². The zero-order valence-corrected chi connectivity index (χ0v) is 18.6. The van der Waals surface area contributed by atoms with Crippen molar-refractivity contribution in [3.63, 3.8) is 0 Å². The van der Waals surface area contributed by atoms with Crippen molar-refractivity contribution < 1.29 is 24.2 Å². The molecule has 1 atom stereocenters. The Morgan fingerprint density at radius 3 is 2.18 bits per heavy atom. The number of carboxylic acid groups (broad SMARTS) is 1. The Labute approximate surface area is 192 Å². The van der Waals surface area contributed by atoms with Gasteiger partial charge in [-0.2, -0.15) is 0 Å². The van der Waals surface area contributed by atoms with Crippen LogP contribution >= 0.6 is 0 Å². The Kier molecular flexibility index (Phi) is 5.56. The Morgan fingerprint density at radius 2 is 1.61 bits per heavy atom. The lowest BCUT2D eigenvalue weighted by Crippen LogP contribution is -2.58. The second kappa shape index (κ2) is 8.54. The lowest BCUT2D eigenvalue weighted by atomic mass is 9.77. The van der Waals surface area contributed by atoms with Gasteiger partial charge in [-0.1, -0.05) is 55.5 Å². The first-order valence-electron chi connectivity index (χ1n) is 11.6. The molecule has 2 aromatic carbocycles. The molecule has 1 aliphatic heterocycles. The molecule has 2 aromatic rings. The van der Waals surface area contributed by atoms with E-state index < -0.39 is 18.0 Å². The molecule has 1 saturated heterocycles. The van der Waals surface area contributed by atoms with E-state index in [0.29, 0.717) is 25.9 Å². The molecule has 1 unspecified atom stereocenters. The third-order valence-electron chi connectivity index (χ3n) is 7.47. The molecule has 0 spiro atoms. The Hall–Kier alpha value is -3.35. The van der Waals surface area contributed by atoms with Crippen molar-refractivity contribution >= 4 is 18.0 Å². The summed E-state index contributed by atoms with van der Waals surface area (Å²) in [7, 11) is 0. The summed E-state index contributed by atoms with van der Waals surface area (Å²) in [6.07, 6.45) is 0.740. The van der Waals surface area contributed by atoms with Crippen molar-refractivity contribution in [2.45, 2.75) is 31.7 Å². The van der Waals surface area contributed by atoms with E-state index in [1.807, 2.05) is 24.3 Å². The number of carbonyl (C=O) groups excluding carboxylic acids is 2. The number of ether oxygens (including phenoxy) is 1. The molecule has 7 heteroatoms. The molecule has 33 heavy (non-hydrogen) atoms. The van der Waals surface area contributed by atoms with Gasteiger partial charge in [0.05, 0.1) is 5.92 Å². The van der Waals surface area contributed by atoms with Crippen LogP contribution in [-0.2, 0) is 14.3 Å².